The van der Waals surface area contributed by atoms with Gasteiger partial charge in [-0.15, -0.1) is 0 Å². The number of hydrogen-bond acceptors (Lipinski definition) is 0. The minimum atomic E-state index is -2.04. The molecule has 2 unspecified atom stereocenters. The van der Waals surface area contributed by atoms with Crippen LogP contribution >= 0.6 is 6.89 Å². The Morgan fingerprint density at radius 1 is 0.392 bits per heavy atom. The lowest BCUT2D eigenvalue weighted by molar-refractivity contribution is -0.0281. The molecule has 4 fully saturated rings. The molecule has 0 spiro atoms. The molecule has 0 amide bonds. The van der Waals surface area contributed by atoms with Crippen molar-refractivity contribution in [2.75, 3.05) is 0 Å². The first kappa shape index (κ1) is 48.3. The van der Waals surface area contributed by atoms with Crippen LogP contribution in [0.5, 0.6) is 0 Å². The fraction of sp³-hybridized carbons (Fsp3) is 0.236. The number of aryl methyl sites for hydroxylation is 7. The normalized spacial score (nSPS) is 19.9. The molecule has 74 heavy (non-hydrogen) atoms. The van der Waals surface area contributed by atoms with Gasteiger partial charge in [0.2, 0.25) is 6.71 Å². The summed E-state index contributed by atoms with van der Waals surface area (Å²) in [6.07, 6.45) is 13.0. The van der Waals surface area contributed by atoms with Crippen molar-refractivity contribution in [1.82, 2.24) is 0 Å². The predicted octanol–water partition coefficient (Wildman–Crippen LogP) is 14.9. The van der Waals surface area contributed by atoms with Gasteiger partial charge in [0.15, 0.2) is 0 Å². The van der Waals surface area contributed by atoms with Crippen molar-refractivity contribution >= 4 is 52.2 Å². The van der Waals surface area contributed by atoms with E-state index < -0.39 is 6.89 Å². The highest BCUT2D eigenvalue weighted by atomic mass is 31.2. The van der Waals surface area contributed by atoms with Gasteiger partial charge in [0.25, 0.3) is 0 Å². The van der Waals surface area contributed by atoms with E-state index in [0.29, 0.717) is 0 Å². The van der Waals surface area contributed by atoms with E-state index in [9.17, 15) is 0 Å². The fourth-order valence-corrected chi connectivity index (χ4v) is 18.4. The summed E-state index contributed by atoms with van der Waals surface area (Å²) in [4.78, 5) is 0. The van der Waals surface area contributed by atoms with Crippen molar-refractivity contribution in [2.24, 2.45) is 11.8 Å². The molecule has 2 heteroatoms. The molecule has 2 atom stereocenters. The Bertz CT molecular complexity index is 3440. The molecule has 0 nitrogen and oxygen atoms in total. The van der Waals surface area contributed by atoms with E-state index in [4.69, 9.17) is 6.30 Å². The third kappa shape index (κ3) is 8.41. The van der Waals surface area contributed by atoms with E-state index in [1.54, 1.807) is 11.1 Å². The minimum absolute atomic E-state index is 0.100. The zero-order valence-corrected chi connectivity index (χ0v) is 45.6. The maximum atomic E-state index is 5.08. The van der Waals surface area contributed by atoms with Gasteiger partial charge in [-0.3, -0.25) is 0 Å². The lowest BCUT2D eigenvalue weighted by Gasteiger charge is -2.63. The highest BCUT2D eigenvalue weighted by Gasteiger charge is 2.58. The molecule has 4 aliphatic carbocycles. The third-order valence-electron chi connectivity index (χ3n) is 18.2. The molecule has 9 aromatic carbocycles. The summed E-state index contributed by atoms with van der Waals surface area (Å²) in [6.45, 7) is 14.1. The summed E-state index contributed by atoms with van der Waals surface area (Å²) < 4.78 is 0. The van der Waals surface area contributed by atoms with Gasteiger partial charge in [-0.1, -0.05) is 250 Å². The summed E-state index contributed by atoms with van der Waals surface area (Å²) >= 11 is 0. The maximum Gasteiger partial charge on any atom is 0.242 e. The van der Waals surface area contributed by atoms with Gasteiger partial charge >= 0.3 is 0 Å². The number of benzene rings is 9. The van der Waals surface area contributed by atoms with E-state index in [2.05, 4.69) is 249 Å². The first-order valence-corrected chi connectivity index (χ1v) is 29.3. The van der Waals surface area contributed by atoms with Crippen LogP contribution < -0.4 is 32.3 Å². The van der Waals surface area contributed by atoms with Crippen LogP contribution in [0.3, 0.4) is 0 Å². The Labute approximate surface area is 443 Å². The van der Waals surface area contributed by atoms with Gasteiger partial charge in [-0.25, -0.2) is 0 Å². The average molecular weight is 977 g/mol. The van der Waals surface area contributed by atoms with Gasteiger partial charge in [0.1, 0.15) is 0 Å². The molecule has 0 N–H and O–H groups in total. The van der Waals surface area contributed by atoms with Crippen LogP contribution in [-0.2, 0) is 10.8 Å². The van der Waals surface area contributed by atoms with Crippen molar-refractivity contribution in [2.45, 2.75) is 97.8 Å². The highest BCUT2D eigenvalue weighted by Crippen LogP contribution is 2.66. The van der Waals surface area contributed by atoms with Crippen molar-refractivity contribution in [3.8, 4) is 33.4 Å². The molecule has 4 bridgehead atoms. The van der Waals surface area contributed by atoms with Crippen LogP contribution in [0.4, 0.5) is 0 Å². The standard InChI is InChI=1S/C72H70BP/c1-48-36-51(4)69(52(5)37-48)73(70-53(6)38-49(2)39-54(70)7)62-32-24-50(3)67(42-62)68-41-59(27-35-66(68)58-18-12-9-13-19-58)57-25-28-60(29-26-57)71-43-55-40-56(44-71)46-72(45-55,47-71)61-30-33-65(34-31-61)74(8,63-20-14-10-15-21-63)64-22-16-11-17-23-64/h9-39,41-42,55-56H,8,40,43-47H2,1-7H3. The summed E-state index contributed by atoms with van der Waals surface area (Å²) in [5, 5.41) is 4.03. The zero-order valence-electron chi connectivity index (χ0n) is 44.7. The summed E-state index contributed by atoms with van der Waals surface area (Å²) in [5.41, 5.74) is 24.7. The number of hydrogen-bond donors (Lipinski definition) is 0. The molecule has 0 radical (unpaired) electrons. The predicted molar refractivity (Wildman–Crippen MR) is 324 cm³/mol. The molecule has 4 saturated carbocycles. The van der Waals surface area contributed by atoms with Gasteiger partial charge in [0.05, 0.1) is 0 Å². The second-order valence-electron chi connectivity index (χ2n) is 23.4. The van der Waals surface area contributed by atoms with Crippen LogP contribution in [0.15, 0.2) is 200 Å². The fourth-order valence-electron chi connectivity index (χ4n) is 15.5. The number of rotatable bonds is 11. The van der Waals surface area contributed by atoms with Crippen molar-refractivity contribution in [3.05, 3.63) is 250 Å². The van der Waals surface area contributed by atoms with E-state index >= 15 is 0 Å². The van der Waals surface area contributed by atoms with E-state index in [1.165, 1.54) is 143 Å². The topological polar surface area (TPSA) is 0 Å². The molecule has 0 saturated heterocycles. The molecule has 9 aromatic rings. The van der Waals surface area contributed by atoms with Crippen LogP contribution in [0, 0.1) is 60.3 Å². The first-order valence-electron chi connectivity index (χ1n) is 27.3. The van der Waals surface area contributed by atoms with Crippen LogP contribution in [0.1, 0.15) is 88.6 Å². The molecule has 13 rings (SSSR count). The van der Waals surface area contributed by atoms with Crippen LogP contribution in [0.25, 0.3) is 33.4 Å². The van der Waals surface area contributed by atoms with Gasteiger partial charge in [-0.05, 0) is 189 Å². The van der Waals surface area contributed by atoms with Crippen molar-refractivity contribution in [1.29, 1.82) is 0 Å². The minimum Gasteiger partial charge on any atom is -0.0887 e. The van der Waals surface area contributed by atoms with Gasteiger partial charge < -0.3 is 0 Å². The van der Waals surface area contributed by atoms with E-state index in [0.717, 1.165) is 11.8 Å². The maximum absolute atomic E-state index is 5.08. The monoisotopic (exact) mass is 977 g/mol. The van der Waals surface area contributed by atoms with Crippen LogP contribution in [-0.4, -0.2) is 13.0 Å². The van der Waals surface area contributed by atoms with Crippen LogP contribution in [0.2, 0.25) is 0 Å². The Balaban J connectivity index is 0.905. The van der Waals surface area contributed by atoms with Gasteiger partial charge in [-0.2, -0.15) is 0 Å². The Morgan fingerprint density at radius 3 is 1.34 bits per heavy atom. The second-order valence-corrected chi connectivity index (χ2v) is 26.6. The Morgan fingerprint density at radius 2 is 0.838 bits per heavy atom. The molecular weight excluding hydrogens is 907 g/mol. The highest BCUT2D eigenvalue weighted by molar-refractivity contribution is 7.93. The van der Waals surface area contributed by atoms with Gasteiger partial charge in [0, 0.05) is 0 Å². The summed E-state index contributed by atoms with van der Waals surface area (Å²) in [6, 6.07) is 77.0. The zero-order chi connectivity index (χ0) is 50.9. The quantitative estimate of drug-likeness (QED) is 0.0895. The first-order chi connectivity index (χ1) is 35.8. The Kier molecular flexibility index (Phi) is 12.4. The molecule has 4 aliphatic rings. The molecule has 366 valence electrons. The molecule has 0 aromatic heterocycles. The lowest BCUT2D eigenvalue weighted by atomic mass is 9.34. The molecule has 0 heterocycles. The third-order valence-corrected chi connectivity index (χ3v) is 21.8. The summed E-state index contributed by atoms with van der Waals surface area (Å²) in [5.74, 6) is 1.54. The van der Waals surface area contributed by atoms with Crippen molar-refractivity contribution in [3.63, 3.8) is 0 Å². The van der Waals surface area contributed by atoms with E-state index in [1.807, 2.05) is 0 Å². The smallest absolute Gasteiger partial charge is 0.0887 e. The second kappa shape index (κ2) is 18.9. The van der Waals surface area contributed by atoms with E-state index in [-0.39, 0.29) is 17.5 Å². The SMILES string of the molecule is C=P(c1ccccc1)(c1ccccc1)c1ccc(C23CC4CC(CC(c5ccc(-c6ccc(-c7ccccc7)c(-c7cc(B(c8c(C)cc(C)cc8C)c8c(C)cc(C)cc8C)ccc7C)c6)cc5)(C4)C2)C3)cc1. The van der Waals surface area contributed by atoms with Crippen molar-refractivity contribution < 1.29 is 0 Å². The molecular formula is C72H70BP. The summed E-state index contributed by atoms with van der Waals surface area (Å²) in [7, 11) is 0. The lowest BCUT2D eigenvalue weighted by Crippen LogP contribution is -2.56. The average Bonchev–Trinajstić information content (AvgIpc) is 3.41. The molecule has 0 aliphatic heterocycles. The Hall–Kier alpha value is -6.66. The largest absolute Gasteiger partial charge is 0.242 e.